The van der Waals surface area contributed by atoms with Crippen molar-refractivity contribution in [3.05, 3.63) is 259 Å². The largest absolute Gasteiger partial charge is 0.268 e. The zero-order valence-corrected chi connectivity index (χ0v) is 56.2. The lowest BCUT2D eigenvalue weighted by atomic mass is 9.80. The molecule has 4 aliphatic heterocycles. The average Bonchev–Trinajstić information content (AvgIpc) is 0.719. The number of nitrogens with zero attached hydrogens (tertiary/aromatic N) is 4. The van der Waals surface area contributed by atoms with E-state index in [1.807, 2.05) is 51.1 Å². The van der Waals surface area contributed by atoms with E-state index in [2.05, 4.69) is 115 Å². The molecule has 0 saturated heterocycles. The molecule has 8 amide bonds. The average molecular weight is 1280 g/mol. The molecule has 0 aliphatic carbocycles. The first kappa shape index (κ1) is 59.9. The molecule has 17 rings (SSSR count). The van der Waals surface area contributed by atoms with E-state index in [1.54, 1.807) is 50.2 Å². The molecule has 0 unspecified atom stereocenters. The molecule has 0 radical (unpaired) electrons. The molecule has 0 atom stereocenters. The monoisotopic (exact) mass is 1280 g/mol. The summed E-state index contributed by atoms with van der Waals surface area (Å²) in [6.07, 6.45) is 0. The third kappa shape index (κ3) is 7.99. The van der Waals surface area contributed by atoms with Gasteiger partial charge in [-0.25, -0.2) is 19.6 Å². The van der Waals surface area contributed by atoms with Crippen molar-refractivity contribution in [3.63, 3.8) is 0 Å². The van der Waals surface area contributed by atoms with Gasteiger partial charge >= 0.3 is 0 Å². The SMILES string of the molecule is Cc1cc(N2C(=O)c3ccc4c5c(ccc(c35)C2=O)C(=O)N(c2cc(C(C)(C)C)ccc2C(C)(C)C)C4=O)c(C)cc1N1C(=O)c2ccc3c4c(ccc(c24)C1=O)C(=O)N(c1ccc(-c2c(C)c(C)c(-c4ccc5c6cccc7cccc(c8cccc4c85)c76)c(C)c2C)cc1)C3=O. The summed E-state index contributed by atoms with van der Waals surface area (Å²) in [5, 5.41) is 10.8. The number of carbonyl (C=O) groups is 8. The van der Waals surface area contributed by atoms with Gasteiger partial charge in [0.15, 0.2) is 0 Å². The molecule has 12 heteroatoms. The van der Waals surface area contributed by atoms with E-state index in [9.17, 15) is 38.4 Å². The zero-order valence-electron chi connectivity index (χ0n) is 56.2. The normalized spacial score (nSPS) is 14.8. The maximum absolute atomic E-state index is 15.0. The Kier molecular flexibility index (Phi) is 12.5. The van der Waals surface area contributed by atoms with Crippen molar-refractivity contribution in [3.8, 4) is 22.3 Å². The summed E-state index contributed by atoms with van der Waals surface area (Å²) in [6, 6.07) is 53.1. The van der Waals surface area contributed by atoms with Crippen molar-refractivity contribution in [2.75, 3.05) is 19.6 Å². The summed E-state index contributed by atoms with van der Waals surface area (Å²) in [4.78, 5) is 124. The van der Waals surface area contributed by atoms with Crippen LogP contribution < -0.4 is 19.6 Å². The van der Waals surface area contributed by atoms with E-state index in [0.29, 0.717) is 22.5 Å². The highest BCUT2D eigenvalue weighted by Gasteiger charge is 2.45. The van der Waals surface area contributed by atoms with Gasteiger partial charge in [0, 0.05) is 66.1 Å². The second-order valence-electron chi connectivity index (χ2n) is 29.0. The molecule has 0 N–H and O–H groups in total. The van der Waals surface area contributed by atoms with E-state index >= 15 is 0 Å². The highest BCUT2D eigenvalue weighted by molar-refractivity contribution is 6.45. The second kappa shape index (κ2) is 20.4. The number of amides is 8. The number of rotatable bonds is 6. The number of hydrogen-bond acceptors (Lipinski definition) is 8. The van der Waals surface area contributed by atoms with Crippen LogP contribution >= 0.6 is 0 Å². The van der Waals surface area contributed by atoms with E-state index in [0.717, 1.165) is 59.2 Å². The molecule has 0 fully saturated rings. The van der Waals surface area contributed by atoms with E-state index in [4.69, 9.17) is 0 Å². The third-order valence-corrected chi connectivity index (χ3v) is 21.5. The summed E-state index contributed by atoms with van der Waals surface area (Å²) in [6.45, 7) is 24.3. The fourth-order valence-corrected chi connectivity index (χ4v) is 16.5. The Hall–Kier alpha value is -11.8. The van der Waals surface area contributed by atoms with Crippen molar-refractivity contribution in [1.29, 1.82) is 0 Å². The Balaban J connectivity index is 0.657. The van der Waals surface area contributed by atoms with Crippen molar-refractivity contribution in [2.45, 2.75) is 93.9 Å². The van der Waals surface area contributed by atoms with Crippen LogP contribution in [0.5, 0.6) is 0 Å². The Bertz CT molecular complexity index is 5820. The molecule has 98 heavy (non-hydrogen) atoms. The molecule has 4 heterocycles. The highest BCUT2D eigenvalue weighted by Crippen LogP contribution is 2.50. The highest BCUT2D eigenvalue weighted by atomic mass is 16.2. The van der Waals surface area contributed by atoms with Crippen LogP contribution in [0, 0.1) is 41.5 Å². The van der Waals surface area contributed by atoms with Crippen LogP contribution in [-0.2, 0) is 10.8 Å². The first-order chi connectivity index (χ1) is 46.8. The zero-order chi connectivity index (χ0) is 68.5. The lowest BCUT2D eigenvalue weighted by molar-refractivity contribution is 0.0872. The number of anilines is 4. The van der Waals surface area contributed by atoms with Crippen LogP contribution in [0.4, 0.5) is 22.7 Å². The van der Waals surface area contributed by atoms with Crippen LogP contribution in [0.3, 0.4) is 0 Å². The van der Waals surface area contributed by atoms with Gasteiger partial charge in [0.1, 0.15) is 0 Å². The minimum Gasteiger partial charge on any atom is -0.268 e. The van der Waals surface area contributed by atoms with Gasteiger partial charge in [0.2, 0.25) is 0 Å². The lowest BCUT2D eigenvalue weighted by Gasteiger charge is -2.35. The summed E-state index contributed by atoms with van der Waals surface area (Å²) in [5.41, 5.74) is 13.1. The van der Waals surface area contributed by atoms with Crippen molar-refractivity contribution < 1.29 is 38.4 Å². The quantitative estimate of drug-likeness (QED) is 0.0907. The van der Waals surface area contributed by atoms with Gasteiger partial charge in [0.05, 0.1) is 22.7 Å². The van der Waals surface area contributed by atoms with E-state index in [1.165, 1.54) is 95.5 Å². The number of hydrogen-bond donors (Lipinski definition) is 0. The Labute approximate surface area is 564 Å². The van der Waals surface area contributed by atoms with Gasteiger partial charge in [-0.3, -0.25) is 38.4 Å². The molecular formula is C86H64N4O8. The van der Waals surface area contributed by atoms with Crippen LogP contribution in [-0.4, -0.2) is 47.3 Å². The van der Waals surface area contributed by atoms with Crippen LogP contribution in [0.25, 0.3) is 86.9 Å². The molecule has 4 aliphatic rings. The molecule has 0 bridgehead atoms. The molecule has 13 aromatic rings. The van der Waals surface area contributed by atoms with Crippen molar-refractivity contribution in [2.24, 2.45) is 0 Å². The first-order valence-corrected chi connectivity index (χ1v) is 33.1. The first-order valence-electron chi connectivity index (χ1n) is 33.1. The topological polar surface area (TPSA) is 150 Å². The Morgan fingerprint density at radius 3 is 1.03 bits per heavy atom. The molecule has 12 nitrogen and oxygen atoms in total. The number of carbonyl (C=O) groups excluding carboxylic acids is 8. The summed E-state index contributed by atoms with van der Waals surface area (Å²) < 4.78 is 0. The van der Waals surface area contributed by atoms with Gasteiger partial charge in [-0.15, -0.1) is 0 Å². The Morgan fingerprint density at radius 1 is 0.276 bits per heavy atom. The molecule has 0 spiro atoms. The fraction of sp³-hybridized carbons (Fsp3) is 0.163. The van der Waals surface area contributed by atoms with Gasteiger partial charge in [-0.2, -0.15) is 0 Å². The maximum Gasteiger partial charge on any atom is 0.265 e. The summed E-state index contributed by atoms with van der Waals surface area (Å²) in [7, 11) is 0. The molecular weight excluding hydrogens is 1220 g/mol. The molecule has 0 aromatic heterocycles. The second-order valence-corrected chi connectivity index (χ2v) is 29.0. The van der Waals surface area contributed by atoms with Gasteiger partial charge in [0.25, 0.3) is 47.3 Å². The maximum atomic E-state index is 15.0. The van der Waals surface area contributed by atoms with E-state index in [-0.39, 0.29) is 82.8 Å². The molecule has 0 saturated carbocycles. The smallest absolute Gasteiger partial charge is 0.265 e. The minimum absolute atomic E-state index is 0.112. The molecule has 476 valence electrons. The predicted octanol–water partition coefficient (Wildman–Crippen LogP) is 19.0. The number of benzene rings is 13. The summed E-state index contributed by atoms with van der Waals surface area (Å²) >= 11 is 0. The fourth-order valence-electron chi connectivity index (χ4n) is 16.5. The van der Waals surface area contributed by atoms with Crippen LogP contribution in [0.15, 0.2) is 170 Å². The standard InChI is InChI=1S/C86H64N4O8/c1-41-39-67(89-81(95)61-33-35-63-76-64(36-34-62(75(61)76)82(89)96)84(98)90(83(63)97)68-40-49(85(7,8)9)24-37-65(68)86(10,11)12)42(2)38-66(41)88-79(93)59-31-29-57-73-58(30-32-60(74(59)73)80(88)94)78(92)87(77(57)91)50-25-22-48(23-26-50)69-43(3)45(5)70(46(6)44(69)4)55-27-28-56-52-19-14-17-47-16-13-18-51(71(47)52)53-20-15-21-54(55)72(53)56/h13-40H,1-12H3. The summed E-state index contributed by atoms with van der Waals surface area (Å²) in [5.74, 6) is -5.07. The number of aryl methyl sites for hydroxylation is 2. The Morgan fingerprint density at radius 2 is 0.622 bits per heavy atom. The van der Waals surface area contributed by atoms with Crippen molar-refractivity contribution in [1.82, 2.24) is 0 Å². The van der Waals surface area contributed by atoms with Crippen LogP contribution in [0.2, 0.25) is 0 Å². The number of fused-ring (bicyclic) bond motifs is 2. The third-order valence-electron chi connectivity index (χ3n) is 21.5. The van der Waals surface area contributed by atoms with Gasteiger partial charge in [-0.05, 0) is 241 Å². The minimum atomic E-state index is -0.689. The van der Waals surface area contributed by atoms with Gasteiger partial charge in [-0.1, -0.05) is 133 Å². The predicted molar refractivity (Wildman–Crippen MR) is 390 cm³/mol. The number of imide groups is 4. The van der Waals surface area contributed by atoms with Gasteiger partial charge < -0.3 is 0 Å². The van der Waals surface area contributed by atoms with E-state index < -0.39 is 52.7 Å². The van der Waals surface area contributed by atoms with Crippen LogP contribution in [0.1, 0.15) is 169 Å². The van der Waals surface area contributed by atoms with Crippen molar-refractivity contribution >= 4 is 135 Å². The lowest BCUT2D eigenvalue weighted by Crippen LogP contribution is -2.44. The molecule has 13 aromatic carbocycles.